The molecule has 21 heavy (non-hydrogen) atoms. The molecule has 2 aromatic rings. The first kappa shape index (κ1) is 14.0. The number of nitrogens with zero attached hydrogens (tertiary/aromatic N) is 1. The maximum atomic E-state index is 12.7. The Kier molecular flexibility index (Phi) is 4.11. The van der Waals surface area contributed by atoms with Crippen molar-refractivity contribution in [2.24, 2.45) is 0 Å². The van der Waals surface area contributed by atoms with E-state index in [1.54, 1.807) is 11.0 Å². The van der Waals surface area contributed by atoms with Gasteiger partial charge in [0.1, 0.15) is 11.9 Å². The summed E-state index contributed by atoms with van der Waals surface area (Å²) in [6.45, 7) is 1.05. The van der Waals surface area contributed by atoms with Gasteiger partial charge in [0.15, 0.2) is 0 Å². The van der Waals surface area contributed by atoms with Crippen molar-refractivity contribution >= 4 is 17.5 Å². The van der Waals surface area contributed by atoms with Gasteiger partial charge in [0, 0.05) is 6.54 Å². The van der Waals surface area contributed by atoms with Crippen LogP contribution in [-0.4, -0.2) is 29.3 Å². The van der Waals surface area contributed by atoms with Crippen LogP contribution in [0.2, 0.25) is 0 Å². The smallest absolute Gasteiger partial charge is 0.258 e. The van der Waals surface area contributed by atoms with Crippen LogP contribution in [0, 0.1) is 0 Å². The molecular formula is C17H16ClNO2. The van der Waals surface area contributed by atoms with Gasteiger partial charge >= 0.3 is 0 Å². The maximum Gasteiger partial charge on any atom is 0.258 e. The molecule has 108 valence electrons. The third-order valence-electron chi connectivity index (χ3n) is 3.51. The average Bonchev–Trinajstić information content (AvgIpc) is 2.66. The summed E-state index contributed by atoms with van der Waals surface area (Å²) in [6.07, 6.45) is -0.192. The van der Waals surface area contributed by atoms with Crippen LogP contribution in [0.3, 0.4) is 0 Å². The molecule has 1 atom stereocenters. The number of rotatable bonds is 3. The lowest BCUT2D eigenvalue weighted by Gasteiger charge is -2.23. The molecule has 0 aliphatic carbocycles. The first-order chi connectivity index (χ1) is 10.3. The zero-order valence-corrected chi connectivity index (χ0v) is 12.3. The molecule has 0 bridgehead atoms. The van der Waals surface area contributed by atoms with Crippen LogP contribution in [0.1, 0.15) is 15.9 Å². The molecule has 1 aliphatic rings. The highest BCUT2D eigenvalue weighted by atomic mass is 35.5. The Balaban J connectivity index is 1.91. The van der Waals surface area contributed by atoms with Gasteiger partial charge in [0.05, 0.1) is 18.0 Å². The first-order valence-corrected chi connectivity index (χ1v) is 7.46. The predicted molar refractivity (Wildman–Crippen MR) is 82.8 cm³/mol. The quantitative estimate of drug-likeness (QED) is 0.814. The normalized spacial score (nSPS) is 17.9. The SMILES string of the molecule is O=C1c2ccccc2OC(CCl)CN1Cc1ccccc1. The Morgan fingerprint density at radius 3 is 2.57 bits per heavy atom. The third-order valence-corrected chi connectivity index (χ3v) is 3.85. The number of para-hydroxylation sites is 1. The number of carbonyl (C=O) groups is 1. The Bertz CT molecular complexity index is 630. The van der Waals surface area contributed by atoms with E-state index < -0.39 is 0 Å². The van der Waals surface area contributed by atoms with E-state index in [1.807, 2.05) is 48.5 Å². The first-order valence-electron chi connectivity index (χ1n) is 6.93. The topological polar surface area (TPSA) is 29.5 Å². The van der Waals surface area contributed by atoms with Gasteiger partial charge in [0.2, 0.25) is 0 Å². The highest BCUT2D eigenvalue weighted by Gasteiger charge is 2.28. The molecule has 0 radical (unpaired) electrons. The minimum Gasteiger partial charge on any atom is -0.486 e. The van der Waals surface area contributed by atoms with Crippen LogP contribution in [0.4, 0.5) is 0 Å². The van der Waals surface area contributed by atoms with E-state index in [0.717, 1.165) is 5.56 Å². The molecule has 0 N–H and O–H groups in total. The summed E-state index contributed by atoms with van der Waals surface area (Å²) in [4.78, 5) is 14.5. The summed E-state index contributed by atoms with van der Waals surface area (Å²) in [5.41, 5.74) is 1.69. The number of amides is 1. The molecule has 1 unspecified atom stereocenters. The van der Waals surface area contributed by atoms with Crippen LogP contribution in [-0.2, 0) is 6.54 Å². The van der Waals surface area contributed by atoms with Gasteiger partial charge in [-0.05, 0) is 17.7 Å². The van der Waals surface area contributed by atoms with Gasteiger partial charge < -0.3 is 9.64 Å². The van der Waals surface area contributed by atoms with E-state index in [-0.39, 0.29) is 12.0 Å². The van der Waals surface area contributed by atoms with Crippen molar-refractivity contribution in [2.75, 3.05) is 12.4 Å². The fourth-order valence-electron chi connectivity index (χ4n) is 2.48. The number of hydrogen-bond acceptors (Lipinski definition) is 2. The lowest BCUT2D eigenvalue weighted by molar-refractivity contribution is 0.0709. The Labute approximate surface area is 129 Å². The minimum atomic E-state index is -0.192. The lowest BCUT2D eigenvalue weighted by Crippen LogP contribution is -2.37. The molecule has 0 fully saturated rings. The van der Waals surface area contributed by atoms with Crippen LogP contribution in [0.5, 0.6) is 5.75 Å². The fourth-order valence-corrected chi connectivity index (χ4v) is 2.64. The molecule has 4 heteroatoms. The summed E-state index contributed by atoms with van der Waals surface area (Å²) in [5, 5.41) is 0. The van der Waals surface area contributed by atoms with Gasteiger partial charge in [0.25, 0.3) is 5.91 Å². The summed E-state index contributed by atoms with van der Waals surface area (Å²) in [7, 11) is 0. The number of fused-ring (bicyclic) bond motifs is 1. The highest BCUT2D eigenvalue weighted by molar-refractivity contribution is 6.18. The van der Waals surface area contributed by atoms with Crippen LogP contribution in [0.15, 0.2) is 54.6 Å². The fraction of sp³-hybridized carbons (Fsp3) is 0.235. The molecule has 1 aliphatic heterocycles. The molecule has 3 nitrogen and oxygen atoms in total. The number of halogens is 1. The summed E-state index contributed by atoms with van der Waals surface area (Å²) in [5.74, 6) is 0.957. The molecule has 2 aromatic carbocycles. The van der Waals surface area contributed by atoms with Gasteiger partial charge in [-0.3, -0.25) is 4.79 Å². The van der Waals surface area contributed by atoms with Crippen molar-refractivity contribution in [1.82, 2.24) is 4.90 Å². The van der Waals surface area contributed by atoms with Gasteiger partial charge in [-0.25, -0.2) is 0 Å². The summed E-state index contributed by atoms with van der Waals surface area (Å²) in [6, 6.07) is 17.3. The molecular weight excluding hydrogens is 286 g/mol. The van der Waals surface area contributed by atoms with Crippen molar-refractivity contribution in [1.29, 1.82) is 0 Å². The van der Waals surface area contributed by atoms with Crippen molar-refractivity contribution in [3.8, 4) is 5.75 Å². The molecule has 1 amide bonds. The number of alkyl halides is 1. The van der Waals surface area contributed by atoms with Gasteiger partial charge in [-0.1, -0.05) is 42.5 Å². The number of hydrogen-bond donors (Lipinski definition) is 0. The standard InChI is InChI=1S/C17H16ClNO2/c18-10-14-12-19(11-13-6-2-1-3-7-13)17(20)15-8-4-5-9-16(15)21-14/h1-9,14H,10-12H2. The van der Waals surface area contributed by atoms with E-state index in [0.29, 0.717) is 30.3 Å². The van der Waals surface area contributed by atoms with E-state index in [2.05, 4.69) is 0 Å². The van der Waals surface area contributed by atoms with Crippen LogP contribution < -0.4 is 4.74 Å². The van der Waals surface area contributed by atoms with E-state index in [4.69, 9.17) is 16.3 Å². The number of ether oxygens (including phenoxy) is 1. The average molecular weight is 302 g/mol. The van der Waals surface area contributed by atoms with Gasteiger partial charge in [-0.2, -0.15) is 0 Å². The number of benzene rings is 2. The van der Waals surface area contributed by atoms with Crippen molar-refractivity contribution in [2.45, 2.75) is 12.6 Å². The summed E-state index contributed by atoms with van der Waals surface area (Å²) < 4.78 is 5.85. The Morgan fingerprint density at radius 1 is 1.10 bits per heavy atom. The van der Waals surface area contributed by atoms with Gasteiger partial charge in [-0.15, -0.1) is 11.6 Å². The summed E-state index contributed by atoms with van der Waals surface area (Å²) >= 11 is 5.97. The van der Waals surface area contributed by atoms with Crippen molar-refractivity contribution in [3.63, 3.8) is 0 Å². The zero-order chi connectivity index (χ0) is 14.7. The third kappa shape index (κ3) is 3.03. The monoisotopic (exact) mass is 301 g/mol. The van der Waals surface area contributed by atoms with Crippen LogP contribution in [0.25, 0.3) is 0 Å². The second-order valence-electron chi connectivity index (χ2n) is 5.06. The van der Waals surface area contributed by atoms with E-state index in [1.165, 1.54) is 0 Å². The molecule has 0 saturated heterocycles. The zero-order valence-electron chi connectivity index (χ0n) is 11.5. The second-order valence-corrected chi connectivity index (χ2v) is 5.37. The molecule has 3 rings (SSSR count). The molecule has 0 spiro atoms. The second kappa shape index (κ2) is 6.19. The van der Waals surface area contributed by atoms with E-state index >= 15 is 0 Å². The number of carbonyl (C=O) groups excluding carboxylic acids is 1. The van der Waals surface area contributed by atoms with E-state index in [9.17, 15) is 4.79 Å². The lowest BCUT2D eigenvalue weighted by atomic mass is 10.1. The molecule has 0 saturated carbocycles. The highest BCUT2D eigenvalue weighted by Crippen LogP contribution is 2.26. The molecule has 1 heterocycles. The van der Waals surface area contributed by atoms with Crippen molar-refractivity contribution < 1.29 is 9.53 Å². The largest absolute Gasteiger partial charge is 0.486 e. The predicted octanol–water partition coefficient (Wildman–Crippen LogP) is 3.33. The maximum absolute atomic E-state index is 12.7. The van der Waals surface area contributed by atoms with Crippen LogP contribution >= 0.6 is 11.6 Å². The Hall–Kier alpha value is -2.00. The molecule has 0 aromatic heterocycles. The minimum absolute atomic E-state index is 0.0120. The Morgan fingerprint density at radius 2 is 1.81 bits per heavy atom. The van der Waals surface area contributed by atoms with Crippen molar-refractivity contribution in [3.05, 3.63) is 65.7 Å².